The molecule has 0 spiro atoms. The molecule has 7 nitrogen and oxygen atoms in total. The van der Waals surface area contributed by atoms with E-state index >= 15 is 0 Å². The number of fused-ring (bicyclic) bond motifs is 1. The van der Waals surface area contributed by atoms with E-state index in [9.17, 15) is 4.79 Å². The highest BCUT2D eigenvalue weighted by atomic mass is 16.2. The van der Waals surface area contributed by atoms with E-state index in [0.29, 0.717) is 11.5 Å². The Morgan fingerprint density at radius 2 is 1.96 bits per heavy atom. The van der Waals surface area contributed by atoms with E-state index < -0.39 is 0 Å². The molecule has 0 unspecified atom stereocenters. The van der Waals surface area contributed by atoms with Gasteiger partial charge in [-0.05, 0) is 37.0 Å². The van der Waals surface area contributed by atoms with E-state index in [2.05, 4.69) is 41.1 Å². The molecule has 0 aliphatic carbocycles. The maximum absolute atomic E-state index is 13.0. The molecular weight excluding hydrogens is 352 g/mol. The van der Waals surface area contributed by atoms with Crippen molar-refractivity contribution in [3.8, 4) is 0 Å². The lowest BCUT2D eigenvalue weighted by atomic mass is 9.93. The molecule has 0 N–H and O–H groups in total. The quantitative estimate of drug-likeness (QED) is 0.700. The Morgan fingerprint density at radius 1 is 1.18 bits per heavy atom. The number of carbonyl (C=O) groups excluding carboxylic acids is 1. The van der Waals surface area contributed by atoms with Crippen molar-refractivity contribution in [2.75, 3.05) is 13.1 Å². The predicted molar refractivity (Wildman–Crippen MR) is 107 cm³/mol. The molecule has 0 saturated carbocycles. The van der Waals surface area contributed by atoms with Gasteiger partial charge >= 0.3 is 0 Å². The van der Waals surface area contributed by atoms with Gasteiger partial charge in [-0.15, -0.1) is 5.10 Å². The number of likely N-dealkylation sites (tertiary alicyclic amines) is 1. The highest BCUT2D eigenvalue weighted by molar-refractivity contribution is 5.97. The number of benzene rings is 1. The maximum atomic E-state index is 13.0. The second-order valence-corrected chi connectivity index (χ2v) is 8.60. The molecular formula is C21H26N6O. The average molecular weight is 378 g/mol. The van der Waals surface area contributed by atoms with Gasteiger partial charge in [-0.3, -0.25) is 19.4 Å². The summed E-state index contributed by atoms with van der Waals surface area (Å²) in [5.41, 5.74) is 3.21. The van der Waals surface area contributed by atoms with Crippen molar-refractivity contribution in [2.24, 2.45) is 5.92 Å². The van der Waals surface area contributed by atoms with Gasteiger partial charge in [0.15, 0.2) is 0 Å². The summed E-state index contributed by atoms with van der Waals surface area (Å²) in [6.45, 7) is 8.72. The first-order chi connectivity index (χ1) is 13.4. The summed E-state index contributed by atoms with van der Waals surface area (Å²) < 4.78 is 1.92. The smallest absolute Gasteiger partial charge is 0.253 e. The molecule has 146 valence electrons. The molecule has 7 heteroatoms. The van der Waals surface area contributed by atoms with Crippen molar-refractivity contribution in [2.45, 2.75) is 45.6 Å². The lowest BCUT2D eigenvalue weighted by Gasteiger charge is -2.32. The number of nitrogens with zero attached hydrogens (tertiary/aromatic N) is 6. The summed E-state index contributed by atoms with van der Waals surface area (Å²) in [7, 11) is 0. The van der Waals surface area contributed by atoms with Gasteiger partial charge in [0.05, 0.1) is 16.7 Å². The summed E-state index contributed by atoms with van der Waals surface area (Å²) >= 11 is 0. The zero-order chi connectivity index (χ0) is 19.7. The Labute approximate surface area is 164 Å². The number of hydrogen-bond donors (Lipinski definition) is 0. The fourth-order valence-electron chi connectivity index (χ4n) is 3.67. The number of aromatic nitrogens is 5. The molecule has 1 aliphatic heterocycles. The lowest BCUT2D eigenvalue weighted by molar-refractivity contribution is 0.0659. The molecule has 3 aromatic rings. The minimum Gasteiger partial charge on any atom is -0.338 e. The van der Waals surface area contributed by atoms with Gasteiger partial charge in [0, 0.05) is 49.2 Å². The van der Waals surface area contributed by atoms with Gasteiger partial charge in [0.1, 0.15) is 0 Å². The monoisotopic (exact) mass is 378 g/mol. The molecule has 0 bridgehead atoms. The van der Waals surface area contributed by atoms with Gasteiger partial charge in [0.25, 0.3) is 5.91 Å². The number of carbonyl (C=O) groups is 1. The van der Waals surface area contributed by atoms with E-state index in [-0.39, 0.29) is 11.3 Å². The molecule has 1 atom stereocenters. The van der Waals surface area contributed by atoms with E-state index in [0.717, 1.165) is 49.2 Å². The third kappa shape index (κ3) is 3.88. The van der Waals surface area contributed by atoms with Crippen LogP contribution in [-0.2, 0) is 12.0 Å². The van der Waals surface area contributed by atoms with Crippen molar-refractivity contribution in [3.05, 3.63) is 48.0 Å². The van der Waals surface area contributed by atoms with Crippen LogP contribution in [0.1, 0.15) is 49.7 Å². The predicted octanol–water partition coefficient (Wildman–Crippen LogP) is 3.07. The summed E-state index contributed by atoms with van der Waals surface area (Å²) in [5.74, 6) is 0.443. The molecule has 1 aromatic carbocycles. The Balaban J connectivity index is 1.45. The normalized spacial score (nSPS) is 17.8. The first-order valence-corrected chi connectivity index (χ1v) is 9.81. The third-order valence-corrected chi connectivity index (χ3v) is 5.27. The van der Waals surface area contributed by atoms with Crippen LogP contribution in [0.25, 0.3) is 11.0 Å². The second kappa shape index (κ2) is 7.30. The van der Waals surface area contributed by atoms with Crippen molar-refractivity contribution in [1.29, 1.82) is 0 Å². The Bertz CT molecular complexity index is 990. The summed E-state index contributed by atoms with van der Waals surface area (Å²) in [6, 6.07) is 5.54. The Kier molecular flexibility index (Phi) is 4.83. The molecule has 1 aliphatic rings. The molecule has 1 saturated heterocycles. The Hall–Kier alpha value is -2.83. The lowest BCUT2D eigenvalue weighted by Crippen LogP contribution is -2.41. The summed E-state index contributed by atoms with van der Waals surface area (Å²) in [4.78, 5) is 23.6. The average Bonchev–Trinajstić information content (AvgIpc) is 3.16. The van der Waals surface area contributed by atoms with E-state index in [4.69, 9.17) is 0 Å². The summed E-state index contributed by atoms with van der Waals surface area (Å²) in [5, 5.41) is 8.59. The van der Waals surface area contributed by atoms with Crippen LogP contribution in [0.15, 0.2) is 36.8 Å². The number of amides is 1. The van der Waals surface area contributed by atoms with Crippen LogP contribution in [0.5, 0.6) is 0 Å². The van der Waals surface area contributed by atoms with Crippen molar-refractivity contribution in [3.63, 3.8) is 0 Å². The van der Waals surface area contributed by atoms with Crippen LogP contribution in [-0.4, -0.2) is 48.9 Å². The highest BCUT2D eigenvalue weighted by Crippen LogP contribution is 2.23. The van der Waals surface area contributed by atoms with Crippen LogP contribution in [0.4, 0.5) is 0 Å². The minimum atomic E-state index is -0.00814. The molecule has 4 rings (SSSR count). The first kappa shape index (κ1) is 18.5. The maximum Gasteiger partial charge on any atom is 0.253 e. The molecule has 1 amide bonds. The number of piperidine rings is 1. The van der Waals surface area contributed by atoms with E-state index in [1.165, 1.54) is 0 Å². The van der Waals surface area contributed by atoms with Gasteiger partial charge in [-0.1, -0.05) is 26.0 Å². The van der Waals surface area contributed by atoms with Crippen LogP contribution >= 0.6 is 0 Å². The van der Waals surface area contributed by atoms with Crippen LogP contribution in [0.2, 0.25) is 0 Å². The second-order valence-electron chi connectivity index (χ2n) is 8.60. The van der Waals surface area contributed by atoms with E-state index in [1.807, 2.05) is 34.0 Å². The van der Waals surface area contributed by atoms with Gasteiger partial charge in [-0.2, -0.15) is 0 Å². The van der Waals surface area contributed by atoms with Crippen LogP contribution < -0.4 is 0 Å². The Morgan fingerprint density at radius 3 is 2.71 bits per heavy atom. The number of rotatable bonds is 3. The topological polar surface area (TPSA) is 76.8 Å². The van der Waals surface area contributed by atoms with Gasteiger partial charge < -0.3 is 4.90 Å². The van der Waals surface area contributed by atoms with Crippen molar-refractivity contribution in [1.82, 2.24) is 29.9 Å². The first-order valence-electron chi connectivity index (χ1n) is 9.81. The number of hydrogen-bond acceptors (Lipinski definition) is 5. The zero-order valence-corrected chi connectivity index (χ0v) is 16.7. The molecule has 0 radical (unpaired) electrons. The van der Waals surface area contributed by atoms with Crippen LogP contribution in [0.3, 0.4) is 0 Å². The third-order valence-electron chi connectivity index (χ3n) is 5.27. The van der Waals surface area contributed by atoms with E-state index in [1.54, 1.807) is 12.4 Å². The molecule has 28 heavy (non-hydrogen) atoms. The minimum absolute atomic E-state index is 0.00814. The van der Waals surface area contributed by atoms with Gasteiger partial charge in [0.2, 0.25) is 0 Å². The molecule has 3 heterocycles. The van der Waals surface area contributed by atoms with Crippen molar-refractivity contribution < 1.29 is 4.79 Å². The SMILES string of the molecule is CC(C)(C)c1cn(C[C@H]2CCCN(C(=O)c3ccc4nccnc4c3)C2)nn1. The zero-order valence-electron chi connectivity index (χ0n) is 16.7. The van der Waals surface area contributed by atoms with Gasteiger partial charge in [-0.25, -0.2) is 0 Å². The highest BCUT2D eigenvalue weighted by Gasteiger charge is 2.26. The van der Waals surface area contributed by atoms with Crippen LogP contribution in [0, 0.1) is 5.92 Å². The molecule has 2 aromatic heterocycles. The molecule has 1 fully saturated rings. The standard InChI is InChI=1S/C21H26N6O/c1-21(2,3)19-14-27(25-24-19)13-15-5-4-10-26(12-15)20(28)16-6-7-17-18(11-16)23-9-8-22-17/h6-9,11,14-15H,4-5,10,12-13H2,1-3H3/t15-/m0/s1. The van der Waals surface area contributed by atoms with Crippen molar-refractivity contribution >= 4 is 16.9 Å². The summed E-state index contributed by atoms with van der Waals surface area (Å²) in [6.07, 6.45) is 7.44. The fraction of sp³-hybridized carbons (Fsp3) is 0.476. The largest absolute Gasteiger partial charge is 0.338 e. The fourth-order valence-corrected chi connectivity index (χ4v) is 3.67.